The van der Waals surface area contributed by atoms with Crippen molar-refractivity contribution in [2.75, 3.05) is 0 Å². The average molecular weight is 265 g/mol. The van der Waals surface area contributed by atoms with E-state index in [9.17, 15) is 0 Å². The Balaban J connectivity index is 3.20. The molecule has 0 saturated carbocycles. The Morgan fingerprint density at radius 3 is 1.71 bits per heavy atom. The van der Waals surface area contributed by atoms with Gasteiger partial charge in [-0.3, -0.25) is 0 Å². The van der Waals surface area contributed by atoms with E-state index in [0.29, 0.717) is 11.7 Å². The summed E-state index contributed by atoms with van der Waals surface area (Å²) < 4.78 is 2.70. The summed E-state index contributed by atoms with van der Waals surface area (Å²) in [6, 6.07) is 0. The highest BCUT2D eigenvalue weighted by atomic mass is 28.3. The van der Waals surface area contributed by atoms with Gasteiger partial charge in [0.15, 0.2) is 0 Å². The standard InChI is InChI=1S/C12H29B2NSi2/c1-13(2)12(16(4,5)6)10-11-15(14(12)3)17(7,8)9/h10-11H,1-9H3. The van der Waals surface area contributed by atoms with Crippen LogP contribution >= 0.6 is 0 Å². The fourth-order valence-electron chi connectivity index (χ4n) is 3.92. The molecule has 0 aliphatic carbocycles. The molecule has 1 rings (SSSR count). The van der Waals surface area contributed by atoms with Crippen molar-refractivity contribution < 1.29 is 0 Å². The zero-order valence-corrected chi connectivity index (χ0v) is 15.3. The highest BCUT2D eigenvalue weighted by molar-refractivity contribution is 7.07. The number of hydrogen-bond acceptors (Lipinski definition) is 1. The van der Waals surface area contributed by atoms with E-state index in [4.69, 9.17) is 0 Å². The van der Waals surface area contributed by atoms with Crippen molar-refractivity contribution in [1.29, 1.82) is 0 Å². The molecule has 0 aromatic heterocycles. The molecule has 1 aliphatic rings. The second kappa shape index (κ2) is 4.34. The van der Waals surface area contributed by atoms with E-state index in [2.05, 4.69) is 76.5 Å². The van der Waals surface area contributed by atoms with Gasteiger partial charge in [-0.1, -0.05) is 65.8 Å². The first-order valence-corrected chi connectivity index (χ1v) is 13.9. The molecule has 96 valence electrons. The lowest BCUT2D eigenvalue weighted by Gasteiger charge is -2.48. The zero-order chi connectivity index (χ0) is 13.6. The fraction of sp³-hybridized carbons (Fsp3) is 0.833. The third-order valence-corrected chi connectivity index (χ3v) is 10.5. The summed E-state index contributed by atoms with van der Waals surface area (Å²) >= 11 is 0. The van der Waals surface area contributed by atoms with Gasteiger partial charge in [-0.15, -0.1) is 0 Å². The molecule has 1 nitrogen and oxygen atoms in total. The van der Waals surface area contributed by atoms with Gasteiger partial charge in [-0.25, -0.2) is 0 Å². The summed E-state index contributed by atoms with van der Waals surface area (Å²) in [4.78, 5) is 0.438. The number of hydrogen-bond donors (Lipinski definition) is 0. The minimum atomic E-state index is -1.23. The van der Waals surface area contributed by atoms with E-state index < -0.39 is 16.3 Å². The predicted molar refractivity (Wildman–Crippen MR) is 89.5 cm³/mol. The molecule has 1 atom stereocenters. The molecule has 1 aliphatic heterocycles. The highest BCUT2D eigenvalue weighted by Gasteiger charge is 2.56. The van der Waals surface area contributed by atoms with Crippen molar-refractivity contribution in [3.05, 3.63) is 12.3 Å². The predicted octanol–water partition coefficient (Wildman–Crippen LogP) is 4.18. The molecule has 0 amide bonds. The summed E-state index contributed by atoms with van der Waals surface area (Å²) in [5, 5.41) is 0. The van der Waals surface area contributed by atoms with Crippen LogP contribution in [0.25, 0.3) is 0 Å². The number of allylic oxidation sites excluding steroid dienone is 1. The molecule has 0 saturated heterocycles. The van der Waals surface area contributed by atoms with Crippen molar-refractivity contribution in [3.8, 4) is 0 Å². The lowest BCUT2D eigenvalue weighted by Crippen LogP contribution is -2.60. The molecule has 0 fully saturated rings. The van der Waals surface area contributed by atoms with Crippen LogP contribution in [-0.2, 0) is 0 Å². The second-order valence-electron chi connectivity index (χ2n) is 7.91. The minimum Gasteiger partial charge on any atom is -0.449 e. The molecule has 1 unspecified atom stereocenters. The van der Waals surface area contributed by atoms with Gasteiger partial charge >= 0.3 is 0 Å². The van der Waals surface area contributed by atoms with Crippen LogP contribution in [0.1, 0.15) is 0 Å². The number of rotatable bonds is 3. The van der Waals surface area contributed by atoms with Crippen LogP contribution in [0.5, 0.6) is 0 Å². The molecule has 0 N–H and O–H groups in total. The maximum atomic E-state index is 2.70. The molecule has 0 radical (unpaired) electrons. The van der Waals surface area contributed by atoms with Crippen molar-refractivity contribution in [1.82, 2.24) is 4.48 Å². The quantitative estimate of drug-likeness (QED) is 0.692. The van der Waals surface area contributed by atoms with Crippen LogP contribution in [0.15, 0.2) is 12.3 Å². The Morgan fingerprint density at radius 2 is 1.53 bits per heavy atom. The summed E-state index contributed by atoms with van der Waals surface area (Å²) in [5.41, 5.74) is 0. The Labute approximate surface area is 111 Å². The van der Waals surface area contributed by atoms with Crippen molar-refractivity contribution in [2.24, 2.45) is 0 Å². The van der Waals surface area contributed by atoms with Crippen LogP contribution in [-0.4, -0.2) is 34.3 Å². The zero-order valence-electron chi connectivity index (χ0n) is 13.3. The van der Waals surface area contributed by atoms with Gasteiger partial charge in [-0.05, 0) is 11.0 Å². The molecule has 0 bridgehead atoms. The lowest BCUT2D eigenvalue weighted by atomic mass is 9.28. The van der Waals surface area contributed by atoms with E-state index in [1.165, 1.54) is 0 Å². The molecular formula is C12H29B2NSi2. The van der Waals surface area contributed by atoms with Crippen LogP contribution < -0.4 is 0 Å². The first-order valence-electron chi connectivity index (χ1n) is 6.92. The van der Waals surface area contributed by atoms with Gasteiger partial charge in [0.25, 0.3) is 0 Å². The third kappa shape index (κ3) is 2.33. The maximum Gasteiger partial charge on any atom is 0.242 e. The van der Waals surface area contributed by atoms with Gasteiger partial charge in [-0.2, -0.15) is 0 Å². The van der Waals surface area contributed by atoms with E-state index in [-0.39, 0.29) is 0 Å². The van der Waals surface area contributed by atoms with E-state index in [1.807, 2.05) is 0 Å². The summed E-state index contributed by atoms with van der Waals surface area (Å²) in [5.74, 6) is 0. The normalized spacial score (nSPS) is 25.7. The molecule has 0 aromatic rings. The molecule has 0 aromatic carbocycles. The minimum absolute atomic E-state index is 0.438. The lowest BCUT2D eigenvalue weighted by molar-refractivity contribution is 0.870. The second-order valence-corrected chi connectivity index (χ2v) is 18.1. The number of nitrogens with zero attached hydrogens (tertiary/aromatic N) is 1. The van der Waals surface area contributed by atoms with Gasteiger partial charge in [0.2, 0.25) is 6.85 Å². The molecule has 17 heavy (non-hydrogen) atoms. The average Bonchev–Trinajstić information content (AvgIpc) is 2.40. The third-order valence-electron chi connectivity index (χ3n) is 4.65. The summed E-state index contributed by atoms with van der Waals surface area (Å²) in [6.07, 6.45) is 4.99. The van der Waals surface area contributed by atoms with E-state index in [0.717, 1.165) is 6.71 Å². The van der Waals surface area contributed by atoms with Crippen LogP contribution in [0.4, 0.5) is 0 Å². The topological polar surface area (TPSA) is 3.24 Å². The van der Waals surface area contributed by atoms with E-state index in [1.54, 1.807) is 0 Å². The fourth-order valence-corrected chi connectivity index (χ4v) is 9.65. The molecular weight excluding hydrogens is 236 g/mol. The van der Waals surface area contributed by atoms with Gasteiger partial charge < -0.3 is 4.48 Å². The largest absolute Gasteiger partial charge is 0.449 e. The van der Waals surface area contributed by atoms with E-state index >= 15 is 0 Å². The van der Waals surface area contributed by atoms with Crippen molar-refractivity contribution >= 4 is 29.9 Å². The highest BCUT2D eigenvalue weighted by Crippen LogP contribution is 2.50. The summed E-state index contributed by atoms with van der Waals surface area (Å²) in [7, 11) is -2.46. The maximum absolute atomic E-state index is 2.70. The Bertz CT molecular complexity index is 317. The Kier molecular flexibility index (Phi) is 3.87. The van der Waals surface area contributed by atoms with Gasteiger partial charge in [0.1, 0.15) is 14.9 Å². The van der Waals surface area contributed by atoms with Crippen LogP contribution in [0.2, 0.25) is 64.6 Å². The van der Waals surface area contributed by atoms with Gasteiger partial charge in [0, 0.05) is 8.07 Å². The molecule has 0 spiro atoms. The Morgan fingerprint density at radius 1 is 1.06 bits per heavy atom. The molecule has 1 heterocycles. The Hall–Kier alpha value is 0.104. The SMILES string of the molecule is CB(C)C1([Si](C)(C)C)C=CN([Si](C)(C)C)B1C. The van der Waals surface area contributed by atoms with Gasteiger partial charge in [0.05, 0.1) is 0 Å². The van der Waals surface area contributed by atoms with Crippen molar-refractivity contribution in [3.63, 3.8) is 0 Å². The van der Waals surface area contributed by atoms with Crippen LogP contribution in [0.3, 0.4) is 0 Å². The smallest absolute Gasteiger partial charge is 0.242 e. The first kappa shape index (κ1) is 15.2. The molecule has 5 heteroatoms. The first-order chi connectivity index (χ1) is 7.44. The van der Waals surface area contributed by atoms with Crippen LogP contribution in [0, 0.1) is 0 Å². The monoisotopic (exact) mass is 265 g/mol. The van der Waals surface area contributed by atoms with Crippen molar-refractivity contribution in [2.45, 2.75) is 64.6 Å². The summed E-state index contributed by atoms with van der Waals surface area (Å²) in [6.45, 7) is 23.6.